The molecule has 0 aliphatic carbocycles. The van der Waals surface area contributed by atoms with E-state index in [0.29, 0.717) is 0 Å². The summed E-state index contributed by atoms with van der Waals surface area (Å²) in [7, 11) is 2.19. The first-order valence-corrected chi connectivity index (χ1v) is 9.23. The van der Waals surface area contributed by atoms with E-state index >= 15 is 0 Å². The van der Waals surface area contributed by atoms with Crippen LogP contribution in [-0.4, -0.2) is 34.6 Å². The van der Waals surface area contributed by atoms with E-state index in [0.717, 1.165) is 31.9 Å². The average molecular weight is 346 g/mol. The lowest BCUT2D eigenvalue weighted by Gasteiger charge is -2.21. The number of fused-ring (bicyclic) bond motifs is 1. The summed E-state index contributed by atoms with van der Waals surface area (Å²) in [5, 5.41) is 0. The molecule has 0 atom stereocenters. The first-order valence-electron chi connectivity index (χ1n) is 9.23. The number of aryl methyl sites for hydroxylation is 1. The summed E-state index contributed by atoms with van der Waals surface area (Å²) >= 11 is 0. The molecule has 4 rings (SSSR count). The topological polar surface area (TPSA) is 24.3 Å². The monoisotopic (exact) mass is 346 g/mol. The lowest BCUT2D eigenvalue weighted by Crippen LogP contribution is -2.28. The van der Waals surface area contributed by atoms with Gasteiger partial charge in [0.15, 0.2) is 0 Å². The highest BCUT2D eigenvalue weighted by Gasteiger charge is 2.17. The number of rotatable bonds is 3. The second-order valence-electron chi connectivity index (χ2n) is 7.21. The number of hydrogen-bond donors (Lipinski definition) is 0. The van der Waals surface area contributed by atoms with Gasteiger partial charge in [0, 0.05) is 50.3 Å². The van der Waals surface area contributed by atoms with Crippen molar-refractivity contribution in [3.63, 3.8) is 0 Å². The van der Waals surface area contributed by atoms with Gasteiger partial charge in [-0.05, 0) is 43.2 Å². The molecule has 0 spiro atoms. The van der Waals surface area contributed by atoms with Crippen molar-refractivity contribution >= 4 is 5.69 Å². The van der Waals surface area contributed by atoms with Crippen molar-refractivity contribution in [1.82, 2.24) is 14.5 Å². The van der Waals surface area contributed by atoms with E-state index < -0.39 is 0 Å². The minimum absolute atomic E-state index is 0.977. The van der Waals surface area contributed by atoms with Crippen LogP contribution in [0.1, 0.15) is 22.5 Å². The van der Waals surface area contributed by atoms with Crippen LogP contribution in [0.25, 0.3) is 5.69 Å². The van der Waals surface area contributed by atoms with Crippen molar-refractivity contribution < 1.29 is 0 Å². The van der Waals surface area contributed by atoms with Gasteiger partial charge in [-0.3, -0.25) is 4.90 Å². The van der Waals surface area contributed by atoms with Crippen LogP contribution in [-0.2, 0) is 13.1 Å². The number of para-hydroxylation sites is 1. The molecule has 0 radical (unpaired) electrons. The number of imidazole rings is 1. The molecule has 26 heavy (non-hydrogen) atoms. The van der Waals surface area contributed by atoms with Gasteiger partial charge >= 0.3 is 0 Å². The summed E-state index contributed by atoms with van der Waals surface area (Å²) in [6.45, 7) is 8.28. The molecule has 0 bridgehead atoms. The van der Waals surface area contributed by atoms with Gasteiger partial charge in [0.25, 0.3) is 0 Å². The third kappa shape index (κ3) is 3.25. The van der Waals surface area contributed by atoms with Crippen molar-refractivity contribution in [2.24, 2.45) is 0 Å². The molecule has 1 aliphatic rings. The highest BCUT2D eigenvalue weighted by molar-refractivity contribution is 5.53. The number of nitrogens with zero attached hydrogens (tertiary/aromatic N) is 4. The molecular weight excluding hydrogens is 320 g/mol. The number of benzene rings is 2. The van der Waals surface area contributed by atoms with Crippen molar-refractivity contribution in [2.75, 3.05) is 25.0 Å². The smallest absolute Gasteiger partial charge is 0.0997 e. The Balaban J connectivity index is 1.50. The zero-order valence-corrected chi connectivity index (χ0v) is 15.8. The summed E-state index contributed by atoms with van der Waals surface area (Å²) in [5.74, 6) is 0. The van der Waals surface area contributed by atoms with Gasteiger partial charge in [-0.2, -0.15) is 0 Å². The van der Waals surface area contributed by atoms with Gasteiger partial charge < -0.3 is 9.47 Å². The maximum absolute atomic E-state index is 4.40. The second kappa shape index (κ2) is 6.96. The SMILES string of the molecule is Cc1ncn(-c2ccc(CN3CCN(C)c4ccccc4C3)cc2)c1C. The quantitative estimate of drug-likeness (QED) is 0.718. The van der Waals surface area contributed by atoms with Gasteiger partial charge in [0.2, 0.25) is 0 Å². The van der Waals surface area contributed by atoms with E-state index in [4.69, 9.17) is 0 Å². The summed E-state index contributed by atoms with van der Waals surface area (Å²) in [6, 6.07) is 17.6. The molecule has 1 aromatic heterocycles. The minimum atomic E-state index is 0.977. The fourth-order valence-corrected chi connectivity index (χ4v) is 3.66. The van der Waals surface area contributed by atoms with Crippen LogP contribution >= 0.6 is 0 Å². The molecule has 0 saturated heterocycles. The van der Waals surface area contributed by atoms with E-state index in [1.165, 1.54) is 28.2 Å². The Bertz CT molecular complexity index is 895. The molecule has 0 unspecified atom stereocenters. The fourth-order valence-electron chi connectivity index (χ4n) is 3.66. The molecule has 0 amide bonds. The molecule has 1 aliphatic heterocycles. The van der Waals surface area contributed by atoms with Gasteiger partial charge in [-0.25, -0.2) is 4.98 Å². The fraction of sp³-hybridized carbons (Fsp3) is 0.318. The third-order valence-electron chi connectivity index (χ3n) is 5.42. The molecule has 0 fully saturated rings. The third-order valence-corrected chi connectivity index (χ3v) is 5.42. The Kier molecular flexibility index (Phi) is 4.51. The summed E-state index contributed by atoms with van der Waals surface area (Å²) in [5.41, 5.74) is 7.58. The Morgan fingerprint density at radius 3 is 2.46 bits per heavy atom. The first-order chi connectivity index (χ1) is 12.6. The molecule has 2 aromatic carbocycles. The van der Waals surface area contributed by atoms with Gasteiger partial charge in [-0.15, -0.1) is 0 Å². The second-order valence-corrected chi connectivity index (χ2v) is 7.21. The predicted octanol–water partition coefficient (Wildman–Crippen LogP) is 3.94. The van der Waals surface area contributed by atoms with Crippen LogP contribution in [0.5, 0.6) is 0 Å². The summed E-state index contributed by atoms with van der Waals surface area (Å²) in [4.78, 5) is 9.29. The lowest BCUT2D eigenvalue weighted by atomic mass is 10.1. The number of anilines is 1. The van der Waals surface area contributed by atoms with Gasteiger partial charge in [0.1, 0.15) is 0 Å². The van der Waals surface area contributed by atoms with Crippen LogP contribution in [0.3, 0.4) is 0 Å². The predicted molar refractivity (Wildman–Crippen MR) is 107 cm³/mol. The normalized spacial score (nSPS) is 15.0. The molecule has 4 heteroatoms. The van der Waals surface area contributed by atoms with Crippen LogP contribution in [0.15, 0.2) is 54.9 Å². The van der Waals surface area contributed by atoms with Crippen molar-refractivity contribution in [1.29, 1.82) is 0 Å². The highest BCUT2D eigenvalue weighted by atomic mass is 15.2. The molecule has 2 heterocycles. The highest BCUT2D eigenvalue weighted by Crippen LogP contribution is 2.24. The van der Waals surface area contributed by atoms with Crippen molar-refractivity contribution in [3.8, 4) is 5.69 Å². The van der Waals surface area contributed by atoms with Crippen LogP contribution in [0, 0.1) is 13.8 Å². The molecule has 4 nitrogen and oxygen atoms in total. The zero-order chi connectivity index (χ0) is 18.1. The molecule has 0 N–H and O–H groups in total. The van der Waals surface area contributed by atoms with E-state index in [9.17, 15) is 0 Å². The Morgan fingerprint density at radius 2 is 1.73 bits per heavy atom. The largest absolute Gasteiger partial charge is 0.373 e. The average Bonchev–Trinajstić information content (AvgIpc) is 2.90. The van der Waals surface area contributed by atoms with Crippen molar-refractivity contribution in [3.05, 3.63) is 77.4 Å². The Labute approximate surface area is 155 Å². The lowest BCUT2D eigenvalue weighted by molar-refractivity contribution is 0.269. The number of likely N-dealkylation sites (N-methyl/N-ethyl adjacent to an activating group) is 1. The molecule has 134 valence electrons. The van der Waals surface area contributed by atoms with Crippen LogP contribution in [0.4, 0.5) is 5.69 Å². The number of hydrogen-bond acceptors (Lipinski definition) is 3. The summed E-state index contributed by atoms with van der Waals surface area (Å²) in [6.07, 6.45) is 1.90. The van der Waals surface area contributed by atoms with Crippen molar-refractivity contribution in [2.45, 2.75) is 26.9 Å². The van der Waals surface area contributed by atoms with E-state index in [-0.39, 0.29) is 0 Å². The maximum Gasteiger partial charge on any atom is 0.0997 e. The van der Waals surface area contributed by atoms with E-state index in [1.807, 2.05) is 13.3 Å². The first kappa shape index (κ1) is 16.9. The van der Waals surface area contributed by atoms with Crippen LogP contribution in [0.2, 0.25) is 0 Å². The zero-order valence-electron chi connectivity index (χ0n) is 15.8. The van der Waals surface area contributed by atoms with E-state index in [1.54, 1.807) is 0 Å². The van der Waals surface area contributed by atoms with Crippen LogP contribution < -0.4 is 4.90 Å². The summed E-state index contributed by atoms with van der Waals surface area (Å²) < 4.78 is 2.15. The molecule has 0 saturated carbocycles. The van der Waals surface area contributed by atoms with E-state index in [2.05, 4.69) is 81.9 Å². The van der Waals surface area contributed by atoms with Gasteiger partial charge in [0.05, 0.1) is 12.0 Å². The minimum Gasteiger partial charge on any atom is -0.373 e. The molecular formula is C22H26N4. The molecule has 3 aromatic rings. The van der Waals surface area contributed by atoms with Gasteiger partial charge in [-0.1, -0.05) is 30.3 Å². The maximum atomic E-state index is 4.40. The standard InChI is InChI=1S/C22H26N4/c1-17-18(2)26(16-23-17)21-10-8-19(9-11-21)14-25-13-12-24(3)22-7-5-4-6-20(22)15-25/h4-11,16H,12-15H2,1-3H3. The Morgan fingerprint density at radius 1 is 0.962 bits per heavy atom. The number of aromatic nitrogens is 2. The Hall–Kier alpha value is -2.59.